The van der Waals surface area contributed by atoms with Gasteiger partial charge in [-0.1, -0.05) is 75.1 Å². The molecule has 0 aliphatic heterocycles. The van der Waals surface area contributed by atoms with Crippen LogP contribution >= 0.6 is 0 Å². The van der Waals surface area contributed by atoms with Gasteiger partial charge >= 0.3 is 0 Å². The fourth-order valence-corrected chi connectivity index (χ4v) is 5.36. The zero-order chi connectivity index (χ0) is 25.3. The molecule has 4 rings (SSSR count). The third kappa shape index (κ3) is 6.46. The Labute approximate surface area is 214 Å². The van der Waals surface area contributed by atoms with Crippen molar-refractivity contribution in [2.24, 2.45) is 5.92 Å². The highest BCUT2D eigenvalue weighted by atomic mass is 19.2. The normalized spacial score (nSPS) is 17.7. The predicted molar refractivity (Wildman–Crippen MR) is 143 cm³/mol. The summed E-state index contributed by atoms with van der Waals surface area (Å²) in [7, 11) is 0. The molecule has 1 fully saturated rings. The van der Waals surface area contributed by atoms with Gasteiger partial charge in [-0.2, -0.15) is 4.39 Å². The van der Waals surface area contributed by atoms with E-state index in [4.69, 9.17) is 9.47 Å². The van der Waals surface area contributed by atoms with Crippen molar-refractivity contribution >= 4 is 0 Å². The highest BCUT2D eigenvalue weighted by Crippen LogP contribution is 2.41. The maximum Gasteiger partial charge on any atom is 0.201 e. The monoisotopic (exact) mass is 492 g/mol. The van der Waals surface area contributed by atoms with Crippen LogP contribution in [0.4, 0.5) is 8.78 Å². The van der Waals surface area contributed by atoms with Gasteiger partial charge in [0.2, 0.25) is 5.82 Å². The Morgan fingerprint density at radius 2 is 1.50 bits per heavy atom. The van der Waals surface area contributed by atoms with Crippen molar-refractivity contribution in [2.75, 3.05) is 6.61 Å². The number of hydrogen-bond donors (Lipinski definition) is 0. The van der Waals surface area contributed by atoms with Crippen molar-refractivity contribution in [3.63, 3.8) is 0 Å². The second kappa shape index (κ2) is 12.9. The Bertz CT molecular complexity index is 1100. The third-order valence-corrected chi connectivity index (χ3v) is 7.43. The third-order valence-electron chi connectivity index (χ3n) is 7.43. The van der Waals surface area contributed by atoms with E-state index in [2.05, 4.69) is 25.1 Å². The van der Waals surface area contributed by atoms with Gasteiger partial charge in [-0.25, -0.2) is 4.39 Å². The quantitative estimate of drug-likeness (QED) is 0.248. The van der Waals surface area contributed by atoms with Crippen LogP contribution in [0.15, 0.2) is 60.7 Å². The van der Waals surface area contributed by atoms with Crippen LogP contribution in [0.5, 0.6) is 11.5 Å². The summed E-state index contributed by atoms with van der Waals surface area (Å²) in [6.07, 6.45) is 10.5. The van der Waals surface area contributed by atoms with Crippen molar-refractivity contribution in [3.05, 3.63) is 83.4 Å². The van der Waals surface area contributed by atoms with Crippen LogP contribution in [0.25, 0.3) is 11.1 Å². The number of hydrogen-bond acceptors (Lipinski definition) is 2. The van der Waals surface area contributed by atoms with E-state index in [1.54, 1.807) is 13.0 Å². The first-order chi connectivity index (χ1) is 17.6. The smallest absolute Gasteiger partial charge is 0.201 e. The van der Waals surface area contributed by atoms with Crippen molar-refractivity contribution in [3.8, 4) is 22.6 Å². The lowest BCUT2D eigenvalue weighted by Gasteiger charge is -2.30. The van der Waals surface area contributed by atoms with E-state index >= 15 is 0 Å². The molecule has 1 aliphatic rings. The van der Waals surface area contributed by atoms with Gasteiger partial charge in [0.05, 0.1) is 6.61 Å². The maximum absolute atomic E-state index is 14.6. The van der Waals surface area contributed by atoms with E-state index in [-0.39, 0.29) is 17.9 Å². The molecule has 3 aromatic carbocycles. The lowest BCUT2D eigenvalue weighted by atomic mass is 9.77. The average molecular weight is 493 g/mol. The molecule has 36 heavy (non-hydrogen) atoms. The summed E-state index contributed by atoms with van der Waals surface area (Å²) < 4.78 is 40.3. The van der Waals surface area contributed by atoms with Crippen molar-refractivity contribution in [1.82, 2.24) is 0 Å². The SMILES string of the molecule is CCCCCC1CCC(c2ccccc2OCc2ccc(-c3ccc(OCC)c(F)c3F)cc2)CC1. The van der Waals surface area contributed by atoms with Gasteiger partial charge < -0.3 is 9.47 Å². The highest BCUT2D eigenvalue weighted by Gasteiger charge is 2.24. The lowest BCUT2D eigenvalue weighted by Crippen LogP contribution is -2.14. The molecule has 0 atom stereocenters. The van der Waals surface area contributed by atoms with Crippen LogP contribution in [-0.4, -0.2) is 6.61 Å². The van der Waals surface area contributed by atoms with Crippen LogP contribution < -0.4 is 9.47 Å². The largest absolute Gasteiger partial charge is 0.491 e. The molecule has 0 spiro atoms. The van der Waals surface area contributed by atoms with Gasteiger partial charge in [-0.15, -0.1) is 0 Å². The second-order valence-electron chi connectivity index (χ2n) is 9.91. The Hall–Kier alpha value is -2.88. The van der Waals surface area contributed by atoms with Gasteiger partial charge in [0, 0.05) is 5.56 Å². The second-order valence-corrected chi connectivity index (χ2v) is 9.91. The summed E-state index contributed by atoms with van der Waals surface area (Å²) in [5, 5.41) is 0. The topological polar surface area (TPSA) is 18.5 Å². The predicted octanol–water partition coefficient (Wildman–Crippen LogP) is 9.46. The molecule has 0 unspecified atom stereocenters. The Morgan fingerprint density at radius 3 is 2.22 bits per heavy atom. The molecule has 192 valence electrons. The molecule has 1 saturated carbocycles. The van der Waals surface area contributed by atoms with E-state index in [1.165, 1.54) is 63.0 Å². The van der Waals surface area contributed by atoms with Crippen LogP contribution in [0, 0.1) is 17.6 Å². The van der Waals surface area contributed by atoms with E-state index in [0.29, 0.717) is 18.1 Å². The standard InChI is InChI=1S/C32H38F2O2/c1-3-5-6-9-23-12-16-25(17-13-23)27-10-7-8-11-29(27)36-22-24-14-18-26(19-15-24)28-20-21-30(35-4-2)32(34)31(28)33/h7-8,10-11,14-15,18-21,23,25H,3-6,9,12-13,16-17,22H2,1-2H3. The van der Waals surface area contributed by atoms with Crippen molar-refractivity contribution in [1.29, 1.82) is 0 Å². The molecule has 0 saturated heterocycles. The summed E-state index contributed by atoms with van der Waals surface area (Å²) in [5.74, 6) is 0.493. The average Bonchev–Trinajstić information content (AvgIpc) is 2.91. The molecule has 0 aromatic heterocycles. The van der Waals surface area contributed by atoms with E-state index < -0.39 is 11.6 Å². The number of benzene rings is 3. The first-order valence-electron chi connectivity index (χ1n) is 13.5. The number of rotatable bonds is 11. The Kier molecular flexibility index (Phi) is 9.38. The summed E-state index contributed by atoms with van der Waals surface area (Å²) in [6.45, 7) is 4.73. The molecule has 0 amide bonds. The number of unbranched alkanes of at least 4 members (excludes halogenated alkanes) is 2. The van der Waals surface area contributed by atoms with Crippen LogP contribution in [0.1, 0.15) is 82.3 Å². The van der Waals surface area contributed by atoms with Gasteiger partial charge in [0.1, 0.15) is 12.4 Å². The summed E-state index contributed by atoms with van der Waals surface area (Å²) >= 11 is 0. The molecule has 0 heterocycles. The Balaban J connectivity index is 1.37. The van der Waals surface area contributed by atoms with Gasteiger partial charge in [0.15, 0.2) is 11.6 Å². The minimum atomic E-state index is -0.951. The molecule has 2 nitrogen and oxygen atoms in total. The van der Waals surface area contributed by atoms with Crippen LogP contribution in [0.2, 0.25) is 0 Å². The fraction of sp³-hybridized carbons (Fsp3) is 0.438. The molecular weight excluding hydrogens is 454 g/mol. The summed E-state index contributed by atoms with van der Waals surface area (Å²) in [6, 6.07) is 18.9. The highest BCUT2D eigenvalue weighted by molar-refractivity contribution is 5.65. The first kappa shape index (κ1) is 26.2. The molecule has 3 aromatic rings. The molecule has 0 radical (unpaired) electrons. The van der Waals surface area contributed by atoms with E-state index in [9.17, 15) is 8.78 Å². The minimum Gasteiger partial charge on any atom is -0.491 e. The first-order valence-corrected chi connectivity index (χ1v) is 13.5. The van der Waals surface area contributed by atoms with Crippen LogP contribution in [0.3, 0.4) is 0 Å². The minimum absolute atomic E-state index is 0.0626. The van der Waals surface area contributed by atoms with Crippen molar-refractivity contribution in [2.45, 2.75) is 77.7 Å². The number of para-hydroxylation sites is 1. The molecular formula is C32H38F2O2. The lowest BCUT2D eigenvalue weighted by molar-refractivity contribution is 0.279. The molecule has 0 N–H and O–H groups in total. The molecule has 4 heteroatoms. The molecule has 0 bridgehead atoms. The van der Waals surface area contributed by atoms with Crippen LogP contribution in [-0.2, 0) is 6.61 Å². The Morgan fingerprint density at radius 1 is 0.750 bits per heavy atom. The van der Waals surface area contributed by atoms with E-state index in [0.717, 1.165) is 17.2 Å². The van der Waals surface area contributed by atoms with Gasteiger partial charge in [-0.3, -0.25) is 0 Å². The summed E-state index contributed by atoms with van der Waals surface area (Å²) in [4.78, 5) is 0. The zero-order valence-electron chi connectivity index (χ0n) is 21.6. The van der Waals surface area contributed by atoms with Gasteiger partial charge in [-0.05, 0) is 79.3 Å². The maximum atomic E-state index is 14.6. The molecule has 1 aliphatic carbocycles. The number of halogens is 2. The van der Waals surface area contributed by atoms with Gasteiger partial charge in [0.25, 0.3) is 0 Å². The van der Waals surface area contributed by atoms with Crippen molar-refractivity contribution < 1.29 is 18.3 Å². The summed E-state index contributed by atoms with van der Waals surface area (Å²) in [5.41, 5.74) is 3.14. The fourth-order valence-electron chi connectivity index (χ4n) is 5.36. The number of ether oxygens (including phenoxy) is 2. The van der Waals surface area contributed by atoms with E-state index in [1.807, 2.05) is 30.3 Å². The zero-order valence-corrected chi connectivity index (χ0v) is 21.6.